The number of benzene rings is 1. The van der Waals surface area contributed by atoms with Crippen molar-refractivity contribution in [3.05, 3.63) is 35.9 Å². The van der Waals surface area contributed by atoms with Crippen molar-refractivity contribution in [2.45, 2.75) is 70.3 Å². The van der Waals surface area contributed by atoms with E-state index in [1.54, 1.807) is 0 Å². The van der Waals surface area contributed by atoms with Crippen molar-refractivity contribution in [2.75, 3.05) is 6.54 Å². The highest BCUT2D eigenvalue weighted by atomic mass is 16.6. The third-order valence-electron chi connectivity index (χ3n) is 6.12. The Morgan fingerprint density at radius 1 is 1.32 bits per heavy atom. The van der Waals surface area contributed by atoms with E-state index in [2.05, 4.69) is 22.8 Å². The van der Waals surface area contributed by atoms with Crippen LogP contribution in [-0.4, -0.2) is 48.8 Å². The molecule has 2 saturated heterocycles. The number of hydrogen-bond donors (Lipinski definition) is 3. The Kier molecular flexibility index (Phi) is 7.90. The fraction of sp³-hybridized carbons (Fsp3) is 0.609. The first kappa shape index (κ1) is 23.1. The van der Waals surface area contributed by atoms with Gasteiger partial charge in [-0.05, 0) is 50.5 Å². The smallest absolute Gasteiger partial charge is 0.405 e. The van der Waals surface area contributed by atoms with E-state index in [-0.39, 0.29) is 36.0 Å². The van der Waals surface area contributed by atoms with Gasteiger partial charge in [-0.2, -0.15) is 0 Å². The normalized spacial score (nSPS) is 25.2. The van der Waals surface area contributed by atoms with Gasteiger partial charge >= 0.3 is 6.09 Å². The lowest BCUT2D eigenvalue weighted by Crippen LogP contribution is -2.48. The topological polar surface area (TPSA) is 123 Å². The van der Waals surface area contributed by atoms with Crippen molar-refractivity contribution in [3.8, 4) is 0 Å². The fourth-order valence-electron chi connectivity index (χ4n) is 4.24. The van der Waals surface area contributed by atoms with Crippen molar-refractivity contribution >= 4 is 17.9 Å². The molecule has 170 valence electrons. The van der Waals surface area contributed by atoms with Crippen molar-refractivity contribution < 1.29 is 23.9 Å². The minimum Gasteiger partial charge on any atom is -0.436 e. The van der Waals surface area contributed by atoms with Crippen LogP contribution in [0.1, 0.15) is 45.1 Å². The molecular weight excluding hydrogens is 398 g/mol. The lowest BCUT2D eigenvalue weighted by Gasteiger charge is -2.24. The summed E-state index contributed by atoms with van der Waals surface area (Å²) in [6.07, 6.45) is 1.28. The second kappa shape index (κ2) is 10.6. The molecule has 0 aromatic heterocycles. The van der Waals surface area contributed by atoms with E-state index < -0.39 is 18.1 Å². The predicted octanol–water partition coefficient (Wildman–Crippen LogP) is 1.91. The maximum Gasteiger partial charge on any atom is 0.405 e. The Morgan fingerprint density at radius 3 is 2.61 bits per heavy atom. The summed E-state index contributed by atoms with van der Waals surface area (Å²) in [6.45, 7) is 4.61. The molecule has 3 amide bonds. The van der Waals surface area contributed by atoms with Gasteiger partial charge in [0, 0.05) is 12.5 Å². The van der Waals surface area contributed by atoms with E-state index in [0.29, 0.717) is 19.4 Å². The molecular formula is C23H33N3O5. The van der Waals surface area contributed by atoms with Crippen molar-refractivity contribution in [1.82, 2.24) is 10.6 Å². The standard InChI is InChI=1S/C23H33N3O5/c1-14(8-9-16-6-4-3-5-7-16)12-19(31-23(24)29)22(28)26-18(20-15(2)30-20)13-17-10-11-25-21(17)27/h3-7,14-15,17-20H,8-13H2,1-2H3,(H2,24,29)(H,25,27)(H,26,28)/t14-,15-,17-,18-,19-,20+/m1/s1. The number of nitrogens with one attached hydrogen (secondary N) is 2. The van der Waals surface area contributed by atoms with Gasteiger partial charge in [0.15, 0.2) is 6.10 Å². The van der Waals surface area contributed by atoms with Crippen molar-refractivity contribution in [2.24, 2.45) is 17.6 Å². The number of carbonyl (C=O) groups excluding carboxylic acids is 3. The highest BCUT2D eigenvalue weighted by Gasteiger charge is 2.45. The summed E-state index contributed by atoms with van der Waals surface area (Å²) in [7, 11) is 0. The molecule has 1 aromatic carbocycles. The molecule has 8 nitrogen and oxygen atoms in total. The van der Waals surface area contributed by atoms with Gasteiger partial charge < -0.3 is 25.8 Å². The van der Waals surface area contributed by atoms with E-state index >= 15 is 0 Å². The van der Waals surface area contributed by atoms with Crippen LogP contribution in [0.4, 0.5) is 4.79 Å². The zero-order valence-electron chi connectivity index (χ0n) is 18.2. The minimum atomic E-state index is -0.975. The van der Waals surface area contributed by atoms with Crippen molar-refractivity contribution in [3.63, 3.8) is 0 Å². The first-order chi connectivity index (χ1) is 14.8. The molecule has 2 aliphatic rings. The monoisotopic (exact) mass is 431 g/mol. The van der Waals surface area contributed by atoms with Crippen LogP contribution in [0.25, 0.3) is 0 Å². The van der Waals surface area contributed by atoms with Gasteiger partial charge in [-0.1, -0.05) is 37.3 Å². The average Bonchev–Trinajstić information content (AvgIpc) is 3.33. The zero-order valence-corrected chi connectivity index (χ0v) is 18.2. The Morgan fingerprint density at radius 2 is 2.03 bits per heavy atom. The van der Waals surface area contributed by atoms with Crippen LogP contribution in [0.15, 0.2) is 30.3 Å². The molecule has 2 fully saturated rings. The number of primary amides is 1. The zero-order chi connectivity index (χ0) is 22.4. The molecule has 0 unspecified atom stereocenters. The molecule has 0 aliphatic carbocycles. The number of hydrogen-bond acceptors (Lipinski definition) is 5. The maximum atomic E-state index is 13.0. The van der Waals surface area contributed by atoms with Crippen LogP contribution in [0.5, 0.6) is 0 Å². The van der Waals surface area contributed by atoms with E-state index in [0.717, 1.165) is 19.3 Å². The largest absolute Gasteiger partial charge is 0.436 e. The number of aryl methyl sites for hydroxylation is 1. The number of ether oxygens (including phenoxy) is 2. The second-order valence-electron chi connectivity index (χ2n) is 8.72. The molecule has 8 heteroatoms. The van der Waals surface area contributed by atoms with Crippen LogP contribution in [0.3, 0.4) is 0 Å². The molecule has 0 saturated carbocycles. The second-order valence-corrected chi connectivity index (χ2v) is 8.72. The van der Waals surface area contributed by atoms with Gasteiger partial charge in [-0.15, -0.1) is 0 Å². The molecule has 2 heterocycles. The van der Waals surface area contributed by atoms with Gasteiger partial charge in [-0.3, -0.25) is 9.59 Å². The lowest BCUT2D eigenvalue weighted by molar-refractivity contribution is -0.131. The molecule has 2 aliphatic heterocycles. The van der Waals surface area contributed by atoms with Crippen LogP contribution < -0.4 is 16.4 Å². The summed E-state index contributed by atoms with van der Waals surface area (Å²) in [5.74, 6) is -0.393. The van der Waals surface area contributed by atoms with Crippen LogP contribution in [-0.2, 0) is 25.5 Å². The fourth-order valence-corrected chi connectivity index (χ4v) is 4.24. The van der Waals surface area contributed by atoms with Crippen LogP contribution in [0.2, 0.25) is 0 Å². The third kappa shape index (κ3) is 6.95. The summed E-state index contributed by atoms with van der Waals surface area (Å²) in [6, 6.07) is 9.80. The molecule has 6 atom stereocenters. The first-order valence-electron chi connectivity index (χ1n) is 11.1. The third-order valence-corrected chi connectivity index (χ3v) is 6.12. The minimum absolute atomic E-state index is 0.00650. The van der Waals surface area contributed by atoms with E-state index in [1.165, 1.54) is 5.56 Å². The SMILES string of the molecule is C[C@H](CCc1ccccc1)C[C@@H](OC(N)=O)C(=O)N[C@H](C[C@H]1CCNC1=O)[C@H]1O[C@@H]1C. The van der Waals surface area contributed by atoms with Gasteiger partial charge in [0.2, 0.25) is 5.91 Å². The summed E-state index contributed by atoms with van der Waals surface area (Å²) >= 11 is 0. The summed E-state index contributed by atoms with van der Waals surface area (Å²) in [4.78, 5) is 36.4. The molecule has 3 rings (SSSR count). The number of nitrogens with two attached hydrogens (primary N) is 1. The van der Waals surface area contributed by atoms with E-state index in [9.17, 15) is 14.4 Å². The highest BCUT2D eigenvalue weighted by Crippen LogP contribution is 2.30. The van der Waals surface area contributed by atoms with Gasteiger partial charge in [0.05, 0.1) is 12.1 Å². The molecule has 1 aromatic rings. The number of rotatable bonds is 11. The number of epoxide rings is 1. The van der Waals surface area contributed by atoms with Crippen LogP contribution >= 0.6 is 0 Å². The summed E-state index contributed by atoms with van der Waals surface area (Å²) in [5.41, 5.74) is 6.45. The predicted molar refractivity (Wildman–Crippen MR) is 115 cm³/mol. The molecule has 31 heavy (non-hydrogen) atoms. The van der Waals surface area contributed by atoms with Crippen molar-refractivity contribution in [1.29, 1.82) is 0 Å². The van der Waals surface area contributed by atoms with Gasteiger partial charge in [0.1, 0.15) is 6.10 Å². The quantitative estimate of drug-likeness (QED) is 0.462. The highest BCUT2D eigenvalue weighted by molar-refractivity contribution is 5.84. The Labute approximate surface area is 183 Å². The number of amides is 3. The van der Waals surface area contributed by atoms with Crippen LogP contribution in [0, 0.1) is 11.8 Å². The molecule has 0 bridgehead atoms. The maximum absolute atomic E-state index is 13.0. The van der Waals surface area contributed by atoms with Gasteiger partial charge in [0.25, 0.3) is 5.91 Å². The Hall–Kier alpha value is -2.61. The molecule has 0 spiro atoms. The first-order valence-corrected chi connectivity index (χ1v) is 11.1. The number of carbonyl (C=O) groups is 3. The summed E-state index contributed by atoms with van der Waals surface area (Å²) in [5, 5.41) is 5.79. The van der Waals surface area contributed by atoms with E-state index in [1.807, 2.05) is 32.0 Å². The Bertz CT molecular complexity index is 772. The Balaban J connectivity index is 1.57. The summed E-state index contributed by atoms with van der Waals surface area (Å²) < 4.78 is 10.7. The van der Waals surface area contributed by atoms with E-state index in [4.69, 9.17) is 15.2 Å². The molecule has 4 N–H and O–H groups in total. The average molecular weight is 432 g/mol. The van der Waals surface area contributed by atoms with Gasteiger partial charge in [-0.25, -0.2) is 4.79 Å². The molecule has 0 radical (unpaired) electrons. The lowest BCUT2D eigenvalue weighted by atomic mass is 9.93.